The van der Waals surface area contributed by atoms with Crippen molar-refractivity contribution in [2.24, 2.45) is 0 Å². The number of hydrogen-bond acceptors (Lipinski definition) is 6. The Labute approximate surface area is 257 Å². The molecule has 0 saturated carbocycles. The van der Waals surface area contributed by atoms with Crippen LogP contribution in [-0.4, -0.2) is 19.9 Å². The van der Waals surface area contributed by atoms with Crippen LogP contribution >= 0.6 is 0 Å². The molecule has 0 aliphatic carbocycles. The summed E-state index contributed by atoms with van der Waals surface area (Å²) >= 11 is 0. The van der Waals surface area contributed by atoms with Crippen molar-refractivity contribution in [2.45, 2.75) is 27.7 Å². The first-order valence-corrected chi connectivity index (χ1v) is 14.8. The molecule has 0 fully saturated rings. The second-order valence-electron chi connectivity index (χ2n) is 11.0. The highest BCUT2D eigenvalue weighted by Crippen LogP contribution is 2.49. The minimum Gasteiger partial charge on any atom is -0.278 e. The van der Waals surface area contributed by atoms with E-state index >= 15 is 0 Å². The van der Waals surface area contributed by atoms with E-state index in [9.17, 15) is 0 Å². The zero-order valence-electron chi connectivity index (χ0n) is 25.2. The summed E-state index contributed by atoms with van der Waals surface area (Å²) in [5.41, 5.74) is 5.79. The predicted molar refractivity (Wildman–Crippen MR) is 181 cm³/mol. The molecule has 0 radical (unpaired) electrons. The lowest BCUT2D eigenvalue weighted by molar-refractivity contribution is 1.08. The third-order valence-corrected chi connectivity index (χ3v) is 7.73. The summed E-state index contributed by atoms with van der Waals surface area (Å²) in [4.78, 5) is 24.4. The molecule has 0 unspecified atom stereocenters. The molecular weight excluding hydrogens is 540 g/mol. The van der Waals surface area contributed by atoms with Gasteiger partial charge in [-0.1, -0.05) is 72.8 Å². The summed E-state index contributed by atoms with van der Waals surface area (Å²) in [6.07, 6.45) is 0. The van der Waals surface area contributed by atoms with Gasteiger partial charge in [0, 0.05) is 44.3 Å². The van der Waals surface area contributed by atoms with Crippen molar-refractivity contribution in [1.82, 2.24) is 19.9 Å². The smallest absolute Gasteiger partial charge is 0.139 e. The summed E-state index contributed by atoms with van der Waals surface area (Å²) in [5.74, 6) is 3.24. The average molecular weight is 573 g/mol. The van der Waals surface area contributed by atoms with Crippen molar-refractivity contribution in [3.8, 4) is 0 Å². The number of nitrogens with zero attached hydrogens (tertiary/aromatic N) is 6. The van der Waals surface area contributed by atoms with E-state index in [1.165, 1.54) is 0 Å². The molecule has 0 N–H and O–H groups in total. The second kappa shape index (κ2) is 11.2. The van der Waals surface area contributed by atoms with Crippen LogP contribution in [0.2, 0.25) is 0 Å². The molecule has 6 heteroatoms. The highest BCUT2D eigenvalue weighted by Gasteiger charge is 2.27. The Kier molecular flexibility index (Phi) is 6.95. The van der Waals surface area contributed by atoms with Gasteiger partial charge in [-0.25, -0.2) is 19.9 Å². The molecule has 3 aromatic carbocycles. The molecule has 0 aliphatic rings. The number of pyridine rings is 4. The van der Waals surface area contributed by atoms with Crippen LogP contribution in [0.15, 0.2) is 121 Å². The van der Waals surface area contributed by atoms with E-state index in [1.807, 2.05) is 100 Å². The maximum atomic E-state index is 5.00. The van der Waals surface area contributed by atoms with Crippen molar-refractivity contribution in [1.29, 1.82) is 0 Å². The van der Waals surface area contributed by atoms with E-state index in [4.69, 9.17) is 19.9 Å². The summed E-state index contributed by atoms with van der Waals surface area (Å²) in [6, 6.07) is 41.6. The van der Waals surface area contributed by atoms with Gasteiger partial charge in [0.25, 0.3) is 0 Å². The van der Waals surface area contributed by atoms with Crippen LogP contribution in [0, 0.1) is 27.7 Å². The molecule has 0 saturated heterocycles. The standard InChI is InChI=1S/C38H32N6/c1-25-13-9-21-33(39-25)43(34-22-10-14-26(2)40-34)37-29-17-5-7-19-31(29)38(32-20-8-6-18-30(32)37)44(35-23-11-15-27(3)41-35)36-24-12-16-28(4)42-36/h5-24H,1-4H3. The fourth-order valence-corrected chi connectivity index (χ4v) is 5.87. The van der Waals surface area contributed by atoms with Crippen LogP contribution < -0.4 is 9.80 Å². The Hall–Kier alpha value is -5.62. The summed E-state index contributed by atoms with van der Waals surface area (Å²) in [6.45, 7) is 8.08. The topological polar surface area (TPSA) is 58.0 Å². The van der Waals surface area contributed by atoms with Gasteiger partial charge in [0.15, 0.2) is 0 Å². The first-order chi connectivity index (χ1) is 21.5. The maximum Gasteiger partial charge on any atom is 0.139 e. The van der Waals surface area contributed by atoms with E-state index in [0.29, 0.717) is 0 Å². The van der Waals surface area contributed by atoms with E-state index < -0.39 is 0 Å². The molecule has 214 valence electrons. The van der Waals surface area contributed by atoms with Gasteiger partial charge in [-0.15, -0.1) is 0 Å². The number of benzene rings is 3. The Morgan fingerprint density at radius 3 is 0.795 bits per heavy atom. The van der Waals surface area contributed by atoms with Crippen molar-refractivity contribution in [3.05, 3.63) is 144 Å². The fourth-order valence-electron chi connectivity index (χ4n) is 5.87. The number of hydrogen-bond donors (Lipinski definition) is 0. The van der Waals surface area contributed by atoms with Crippen LogP contribution in [-0.2, 0) is 0 Å². The van der Waals surface area contributed by atoms with Gasteiger partial charge in [0.05, 0.1) is 11.4 Å². The average Bonchev–Trinajstić information content (AvgIpc) is 3.02. The molecule has 0 spiro atoms. The minimum absolute atomic E-state index is 0.809. The van der Waals surface area contributed by atoms with Gasteiger partial charge in [-0.3, -0.25) is 9.80 Å². The monoisotopic (exact) mass is 572 g/mol. The zero-order chi connectivity index (χ0) is 30.2. The number of anilines is 6. The first kappa shape index (κ1) is 27.2. The van der Waals surface area contributed by atoms with E-state index in [-0.39, 0.29) is 0 Å². The molecule has 4 heterocycles. The summed E-state index contributed by atoms with van der Waals surface area (Å²) < 4.78 is 0. The van der Waals surface area contributed by atoms with E-state index in [0.717, 1.165) is 79.0 Å². The first-order valence-electron chi connectivity index (χ1n) is 14.8. The number of rotatable bonds is 6. The molecule has 0 aliphatic heterocycles. The van der Waals surface area contributed by atoms with Gasteiger partial charge < -0.3 is 0 Å². The third kappa shape index (κ3) is 4.90. The lowest BCUT2D eigenvalue weighted by Gasteiger charge is -2.31. The third-order valence-electron chi connectivity index (χ3n) is 7.73. The van der Waals surface area contributed by atoms with Crippen LogP contribution in [0.25, 0.3) is 21.5 Å². The molecule has 0 amide bonds. The van der Waals surface area contributed by atoms with Gasteiger partial charge in [-0.05, 0) is 76.2 Å². The van der Waals surface area contributed by atoms with Gasteiger partial charge in [0.2, 0.25) is 0 Å². The van der Waals surface area contributed by atoms with Crippen molar-refractivity contribution < 1.29 is 0 Å². The lowest BCUT2D eigenvalue weighted by atomic mass is 9.96. The Balaban J connectivity index is 1.63. The normalized spacial score (nSPS) is 11.2. The van der Waals surface area contributed by atoms with Crippen LogP contribution in [0.3, 0.4) is 0 Å². The molecule has 4 aromatic heterocycles. The van der Waals surface area contributed by atoms with Gasteiger partial charge in [-0.2, -0.15) is 0 Å². The number of aromatic nitrogens is 4. The van der Waals surface area contributed by atoms with E-state index in [2.05, 4.69) is 58.3 Å². The molecule has 44 heavy (non-hydrogen) atoms. The van der Waals surface area contributed by atoms with Crippen LogP contribution in [0.4, 0.5) is 34.6 Å². The summed E-state index contributed by atoms with van der Waals surface area (Å²) in [5, 5.41) is 4.27. The Bertz CT molecular complexity index is 1850. The summed E-state index contributed by atoms with van der Waals surface area (Å²) in [7, 11) is 0. The fraction of sp³-hybridized carbons (Fsp3) is 0.105. The molecule has 7 rings (SSSR count). The molecule has 0 bridgehead atoms. The maximum absolute atomic E-state index is 5.00. The van der Waals surface area contributed by atoms with E-state index in [1.54, 1.807) is 0 Å². The predicted octanol–water partition coefficient (Wildman–Crippen LogP) is 9.75. The molecule has 6 nitrogen and oxygen atoms in total. The van der Waals surface area contributed by atoms with Gasteiger partial charge in [0.1, 0.15) is 23.3 Å². The van der Waals surface area contributed by atoms with Crippen molar-refractivity contribution in [2.75, 3.05) is 9.80 Å². The van der Waals surface area contributed by atoms with Crippen LogP contribution in [0.5, 0.6) is 0 Å². The second-order valence-corrected chi connectivity index (χ2v) is 11.0. The Morgan fingerprint density at radius 2 is 0.568 bits per heavy atom. The molecule has 7 aromatic rings. The lowest BCUT2D eigenvalue weighted by Crippen LogP contribution is -2.17. The quantitative estimate of drug-likeness (QED) is 0.146. The Morgan fingerprint density at radius 1 is 0.318 bits per heavy atom. The van der Waals surface area contributed by atoms with Crippen LogP contribution in [0.1, 0.15) is 22.8 Å². The largest absolute Gasteiger partial charge is 0.278 e. The molecular formula is C38H32N6. The van der Waals surface area contributed by atoms with Crippen molar-refractivity contribution in [3.63, 3.8) is 0 Å². The highest BCUT2D eigenvalue weighted by molar-refractivity contribution is 6.22. The number of aryl methyl sites for hydroxylation is 4. The van der Waals surface area contributed by atoms with Crippen molar-refractivity contribution >= 4 is 56.2 Å². The minimum atomic E-state index is 0.809. The SMILES string of the molecule is Cc1cccc(N(c2cccc(C)n2)c2c3ccccc3c(N(c3cccc(C)n3)c3cccc(C)n3)c3ccccc23)n1. The zero-order valence-corrected chi connectivity index (χ0v) is 25.2. The van der Waals surface area contributed by atoms with Gasteiger partial charge >= 0.3 is 0 Å². The number of fused-ring (bicyclic) bond motifs is 2. The highest BCUT2D eigenvalue weighted by atomic mass is 15.3. The molecule has 0 atom stereocenters.